The number of methoxy groups -OCH3 is 1. The van der Waals surface area contributed by atoms with Crippen LogP contribution in [0.2, 0.25) is 0 Å². The van der Waals surface area contributed by atoms with Crippen molar-refractivity contribution in [2.24, 2.45) is 4.99 Å². The van der Waals surface area contributed by atoms with Crippen LogP contribution in [0.1, 0.15) is 12.0 Å². The minimum absolute atomic E-state index is 0. The summed E-state index contributed by atoms with van der Waals surface area (Å²) < 4.78 is 45.5. The molecule has 9 heteroatoms. The van der Waals surface area contributed by atoms with Crippen LogP contribution in [0.3, 0.4) is 0 Å². The third-order valence-electron chi connectivity index (χ3n) is 3.17. The molecule has 0 bridgehead atoms. The molecular formula is C16H25F3IN3O2. The molecule has 144 valence electrons. The van der Waals surface area contributed by atoms with Gasteiger partial charge in [-0.2, -0.15) is 13.2 Å². The summed E-state index contributed by atoms with van der Waals surface area (Å²) in [6.45, 7) is -0.0312. The van der Waals surface area contributed by atoms with Crippen molar-refractivity contribution in [3.8, 4) is 5.75 Å². The van der Waals surface area contributed by atoms with Crippen molar-refractivity contribution in [3.63, 3.8) is 0 Å². The first-order valence-electron chi connectivity index (χ1n) is 7.55. The second kappa shape index (κ2) is 12.2. The number of benzene rings is 1. The highest BCUT2D eigenvalue weighted by atomic mass is 127. The Morgan fingerprint density at radius 3 is 2.40 bits per heavy atom. The largest absolute Gasteiger partial charge is 0.497 e. The highest BCUT2D eigenvalue weighted by Crippen LogP contribution is 2.14. The van der Waals surface area contributed by atoms with E-state index in [1.165, 1.54) is 0 Å². The van der Waals surface area contributed by atoms with Crippen LogP contribution in [0.5, 0.6) is 5.75 Å². The molecule has 0 saturated heterocycles. The number of hydrogen-bond donors (Lipinski definition) is 1. The zero-order valence-corrected chi connectivity index (χ0v) is 16.9. The molecule has 1 N–H and O–H groups in total. The Morgan fingerprint density at radius 2 is 1.88 bits per heavy atom. The van der Waals surface area contributed by atoms with E-state index in [1.54, 1.807) is 14.2 Å². The van der Waals surface area contributed by atoms with Gasteiger partial charge in [-0.05, 0) is 24.1 Å². The zero-order valence-electron chi connectivity index (χ0n) is 14.6. The smallest absolute Gasteiger partial charge is 0.411 e. The maximum atomic E-state index is 11.9. The molecule has 0 unspecified atom stereocenters. The lowest BCUT2D eigenvalue weighted by atomic mass is 10.2. The molecule has 5 nitrogen and oxygen atoms in total. The normalized spacial score (nSPS) is 11.7. The molecule has 1 aromatic rings. The average Bonchev–Trinajstić information content (AvgIpc) is 2.53. The van der Waals surface area contributed by atoms with Gasteiger partial charge in [0.05, 0.1) is 7.11 Å². The number of ether oxygens (including phenoxy) is 2. The van der Waals surface area contributed by atoms with E-state index in [9.17, 15) is 13.2 Å². The Kier molecular flexibility index (Phi) is 11.6. The van der Waals surface area contributed by atoms with Crippen LogP contribution < -0.4 is 10.1 Å². The molecule has 0 spiro atoms. The number of halogens is 4. The van der Waals surface area contributed by atoms with Gasteiger partial charge < -0.3 is 19.7 Å². The zero-order chi connectivity index (χ0) is 18.0. The lowest BCUT2D eigenvalue weighted by Gasteiger charge is -2.22. The Hall–Kier alpha value is -1.23. The van der Waals surface area contributed by atoms with Crippen molar-refractivity contribution >= 4 is 29.9 Å². The van der Waals surface area contributed by atoms with E-state index in [0.717, 1.165) is 11.3 Å². The summed E-state index contributed by atoms with van der Waals surface area (Å²) in [6, 6.07) is 7.70. The van der Waals surface area contributed by atoms with Gasteiger partial charge in [-0.3, -0.25) is 4.99 Å². The van der Waals surface area contributed by atoms with Crippen molar-refractivity contribution in [2.75, 3.05) is 41.0 Å². The van der Waals surface area contributed by atoms with Gasteiger partial charge >= 0.3 is 6.18 Å². The van der Waals surface area contributed by atoms with Crippen molar-refractivity contribution < 1.29 is 22.6 Å². The Balaban J connectivity index is 0.00000576. The molecule has 0 atom stereocenters. The van der Waals surface area contributed by atoms with Gasteiger partial charge in [0.1, 0.15) is 12.4 Å². The van der Waals surface area contributed by atoms with Gasteiger partial charge in [-0.15, -0.1) is 24.0 Å². The molecule has 0 aliphatic carbocycles. The molecule has 0 aliphatic rings. The van der Waals surface area contributed by atoms with Crippen molar-refractivity contribution in [2.45, 2.75) is 19.1 Å². The van der Waals surface area contributed by atoms with Gasteiger partial charge in [-0.25, -0.2) is 0 Å². The Labute approximate surface area is 163 Å². The predicted octanol–water partition coefficient (Wildman–Crippen LogP) is 3.29. The second-order valence-corrected chi connectivity index (χ2v) is 5.20. The molecule has 25 heavy (non-hydrogen) atoms. The number of rotatable bonds is 8. The van der Waals surface area contributed by atoms with E-state index in [0.29, 0.717) is 25.5 Å². The Morgan fingerprint density at radius 1 is 1.24 bits per heavy atom. The molecular weight excluding hydrogens is 450 g/mol. The number of aliphatic imine (C=N–C) groups is 1. The summed E-state index contributed by atoms with van der Waals surface area (Å²) in [4.78, 5) is 6.09. The first-order chi connectivity index (χ1) is 11.4. The van der Waals surface area contributed by atoms with E-state index >= 15 is 0 Å². The number of guanidine groups is 1. The van der Waals surface area contributed by atoms with Gasteiger partial charge in [0.25, 0.3) is 0 Å². The van der Waals surface area contributed by atoms with Gasteiger partial charge in [0, 0.05) is 33.8 Å². The fourth-order valence-corrected chi connectivity index (χ4v) is 2.03. The topological polar surface area (TPSA) is 46.1 Å². The highest BCUT2D eigenvalue weighted by molar-refractivity contribution is 14.0. The van der Waals surface area contributed by atoms with Gasteiger partial charge in [-0.1, -0.05) is 12.1 Å². The number of hydrogen-bond acceptors (Lipinski definition) is 3. The average molecular weight is 475 g/mol. The fraction of sp³-hybridized carbons (Fsp3) is 0.562. The van der Waals surface area contributed by atoms with E-state index in [4.69, 9.17) is 4.74 Å². The summed E-state index contributed by atoms with van der Waals surface area (Å²) in [5.74, 6) is 1.46. The number of alkyl halides is 3. The molecule has 0 fully saturated rings. The molecule has 0 aromatic heterocycles. The summed E-state index contributed by atoms with van der Waals surface area (Å²) in [6.07, 6.45) is -3.81. The van der Waals surface area contributed by atoms with Crippen LogP contribution in [-0.4, -0.2) is 58.0 Å². The first kappa shape index (κ1) is 23.8. The Bertz CT molecular complexity index is 510. The monoisotopic (exact) mass is 475 g/mol. The van der Waals surface area contributed by atoms with E-state index in [-0.39, 0.29) is 30.6 Å². The first-order valence-corrected chi connectivity index (χ1v) is 7.55. The molecule has 1 rings (SSSR count). The standard InChI is InChI=1S/C16H24F3N3O2.HI/c1-20-15(21-9-4-10-24-12-16(17,18)19)22(2)11-13-5-7-14(23-3)8-6-13;/h5-8H,4,9-12H2,1-3H3,(H,20,21);1H. The summed E-state index contributed by atoms with van der Waals surface area (Å²) in [5, 5.41) is 3.10. The maximum absolute atomic E-state index is 11.9. The lowest BCUT2D eigenvalue weighted by molar-refractivity contribution is -0.173. The summed E-state index contributed by atoms with van der Waals surface area (Å²) in [7, 11) is 5.16. The highest BCUT2D eigenvalue weighted by Gasteiger charge is 2.27. The second-order valence-electron chi connectivity index (χ2n) is 5.20. The third-order valence-corrected chi connectivity index (χ3v) is 3.17. The van der Waals surface area contributed by atoms with Crippen LogP contribution in [0.4, 0.5) is 13.2 Å². The number of nitrogens with one attached hydrogen (secondary N) is 1. The van der Waals surface area contributed by atoms with E-state index < -0.39 is 12.8 Å². The molecule has 0 radical (unpaired) electrons. The van der Waals surface area contributed by atoms with Crippen LogP contribution in [0.25, 0.3) is 0 Å². The van der Waals surface area contributed by atoms with Crippen LogP contribution >= 0.6 is 24.0 Å². The van der Waals surface area contributed by atoms with Crippen molar-refractivity contribution in [1.82, 2.24) is 10.2 Å². The van der Waals surface area contributed by atoms with Crippen molar-refractivity contribution in [1.29, 1.82) is 0 Å². The van der Waals surface area contributed by atoms with Crippen LogP contribution in [-0.2, 0) is 11.3 Å². The van der Waals surface area contributed by atoms with Crippen molar-refractivity contribution in [3.05, 3.63) is 29.8 Å². The molecule has 0 saturated carbocycles. The molecule has 0 aliphatic heterocycles. The van der Waals surface area contributed by atoms with E-state index in [2.05, 4.69) is 15.0 Å². The predicted molar refractivity (Wildman–Crippen MR) is 103 cm³/mol. The molecule has 1 aromatic carbocycles. The van der Waals surface area contributed by atoms with Gasteiger partial charge in [0.2, 0.25) is 0 Å². The minimum atomic E-state index is -4.28. The summed E-state index contributed by atoms with van der Waals surface area (Å²) in [5.41, 5.74) is 1.09. The quantitative estimate of drug-likeness (QED) is 0.272. The van der Waals surface area contributed by atoms with Crippen LogP contribution in [0, 0.1) is 0 Å². The SMILES string of the molecule is CN=C(NCCCOCC(F)(F)F)N(C)Cc1ccc(OC)cc1.I. The van der Waals surface area contributed by atoms with E-state index in [1.807, 2.05) is 36.2 Å². The fourth-order valence-electron chi connectivity index (χ4n) is 2.03. The van der Waals surface area contributed by atoms with Crippen LogP contribution in [0.15, 0.2) is 29.3 Å². The summed E-state index contributed by atoms with van der Waals surface area (Å²) >= 11 is 0. The van der Waals surface area contributed by atoms with Gasteiger partial charge in [0.15, 0.2) is 5.96 Å². The third kappa shape index (κ3) is 10.4. The lowest BCUT2D eigenvalue weighted by Crippen LogP contribution is -2.39. The maximum Gasteiger partial charge on any atom is 0.411 e. The molecule has 0 amide bonds. The number of nitrogens with zero attached hydrogens (tertiary/aromatic N) is 2. The molecule has 0 heterocycles. The minimum Gasteiger partial charge on any atom is -0.497 e.